The molecule has 0 nitrogen and oxygen atoms in total. The van der Waals surface area contributed by atoms with E-state index in [0.29, 0.717) is 0 Å². The summed E-state index contributed by atoms with van der Waals surface area (Å²) in [5.74, 6) is 0. The summed E-state index contributed by atoms with van der Waals surface area (Å²) in [7, 11) is -1.06. The zero-order valence-electron chi connectivity index (χ0n) is 10.9. The van der Waals surface area contributed by atoms with E-state index in [0.717, 1.165) is 0 Å². The van der Waals surface area contributed by atoms with E-state index in [-0.39, 0.29) is 0 Å². The fourth-order valence-corrected chi connectivity index (χ4v) is 2.45. The van der Waals surface area contributed by atoms with Crippen LogP contribution in [-0.2, 0) is 0 Å². The number of rotatable bonds is 8. The summed E-state index contributed by atoms with van der Waals surface area (Å²) in [5.41, 5.74) is 0. The summed E-state index contributed by atoms with van der Waals surface area (Å²) in [5, 5.41) is 0. The van der Waals surface area contributed by atoms with Gasteiger partial charge in [-0.1, -0.05) is 80.7 Å². The molecule has 0 unspecified atom stereocenters. The van der Waals surface area contributed by atoms with Crippen LogP contribution in [0.3, 0.4) is 0 Å². The Labute approximate surface area is 106 Å². The molecule has 0 aromatic rings. The van der Waals surface area contributed by atoms with Crippen molar-refractivity contribution in [3.63, 3.8) is 0 Å². The molecule has 0 saturated heterocycles. The molecular formula is C13H27BrSi. The van der Waals surface area contributed by atoms with E-state index >= 15 is 0 Å². The minimum atomic E-state index is -1.06. The van der Waals surface area contributed by atoms with Gasteiger partial charge in [-0.05, 0) is 16.9 Å². The number of hydrogen-bond donors (Lipinski definition) is 0. The minimum Gasteiger partial charge on any atom is -0.0785 e. The van der Waals surface area contributed by atoms with Crippen LogP contribution in [-0.4, -0.2) is 8.07 Å². The second kappa shape index (κ2) is 8.57. The summed E-state index contributed by atoms with van der Waals surface area (Å²) in [6.07, 6.45) is 12.0. The predicted octanol–water partition coefficient (Wildman–Crippen LogP) is 5.89. The van der Waals surface area contributed by atoms with Gasteiger partial charge in [0.2, 0.25) is 0 Å². The van der Waals surface area contributed by atoms with Gasteiger partial charge in [0, 0.05) is 0 Å². The highest BCUT2D eigenvalue weighted by molar-refractivity contribution is 9.12. The van der Waals surface area contributed by atoms with Crippen LogP contribution >= 0.6 is 15.9 Å². The molecule has 0 rings (SSSR count). The molecule has 0 aliphatic carbocycles. The summed E-state index contributed by atoms with van der Waals surface area (Å²) in [6, 6.07) is 0. The lowest BCUT2D eigenvalue weighted by Crippen LogP contribution is -2.20. The first-order valence-corrected chi connectivity index (χ1v) is 10.6. The van der Waals surface area contributed by atoms with Crippen molar-refractivity contribution in [2.24, 2.45) is 0 Å². The van der Waals surface area contributed by atoms with Gasteiger partial charge in [0.25, 0.3) is 0 Å². The smallest absolute Gasteiger partial charge is 0.0785 e. The monoisotopic (exact) mass is 290 g/mol. The largest absolute Gasteiger partial charge is 0.0861 e. The predicted molar refractivity (Wildman–Crippen MR) is 78.3 cm³/mol. The maximum absolute atomic E-state index is 3.72. The zero-order valence-corrected chi connectivity index (χ0v) is 13.5. The molecule has 0 aliphatic heterocycles. The standard InChI is InChI=1S/C13H27BrSi/c1-5-6-7-8-9-10-11-12-13(14)15(2,3)4/h12H,5-11H2,1-4H3/b13-12+. The summed E-state index contributed by atoms with van der Waals surface area (Å²) >= 11 is 3.72. The third kappa shape index (κ3) is 9.37. The highest BCUT2D eigenvalue weighted by atomic mass is 79.9. The molecule has 0 aliphatic rings. The first-order chi connectivity index (χ1) is 6.98. The maximum Gasteiger partial charge on any atom is 0.0861 e. The Morgan fingerprint density at radius 2 is 1.53 bits per heavy atom. The molecule has 0 amide bonds. The third-order valence-corrected chi connectivity index (χ3v) is 8.13. The quantitative estimate of drug-likeness (QED) is 0.386. The van der Waals surface area contributed by atoms with E-state index in [4.69, 9.17) is 0 Å². The number of halogens is 1. The molecule has 0 bridgehead atoms. The molecule has 0 fully saturated rings. The van der Waals surface area contributed by atoms with Gasteiger partial charge >= 0.3 is 0 Å². The van der Waals surface area contributed by atoms with Crippen molar-refractivity contribution in [2.45, 2.75) is 71.5 Å². The van der Waals surface area contributed by atoms with E-state index < -0.39 is 8.07 Å². The SMILES string of the molecule is CCCCCCCC/C=C(\Br)[Si](C)(C)C. The van der Waals surface area contributed by atoms with Gasteiger partial charge in [0.1, 0.15) is 0 Å². The topological polar surface area (TPSA) is 0 Å². The Morgan fingerprint density at radius 1 is 1.00 bits per heavy atom. The Morgan fingerprint density at radius 3 is 2.07 bits per heavy atom. The van der Waals surface area contributed by atoms with Crippen LogP contribution in [0.1, 0.15) is 51.9 Å². The highest BCUT2D eigenvalue weighted by Crippen LogP contribution is 2.21. The van der Waals surface area contributed by atoms with Crippen LogP contribution in [0.4, 0.5) is 0 Å². The number of allylic oxidation sites excluding steroid dienone is 1. The zero-order chi connectivity index (χ0) is 11.7. The van der Waals surface area contributed by atoms with Crippen LogP contribution < -0.4 is 0 Å². The van der Waals surface area contributed by atoms with Gasteiger partial charge < -0.3 is 0 Å². The molecular weight excluding hydrogens is 264 g/mol. The fourth-order valence-electron chi connectivity index (χ4n) is 1.46. The van der Waals surface area contributed by atoms with Crippen molar-refractivity contribution in [3.05, 3.63) is 10.2 Å². The van der Waals surface area contributed by atoms with Crippen molar-refractivity contribution >= 4 is 24.0 Å². The third-order valence-electron chi connectivity index (χ3n) is 2.60. The maximum atomic E-state index is 3.72. The van der Waals surface area contributed by atoms with E-state index in [9.17, 15) is 0 Å². The van der Waals surface area contributed by atoms with Crippen LogP contribution in [0.25, 0.3) is 0 Å². The lowest BCUT2D eigenvalue weighted by Gasteiger charge is -2.14. The average Bonchev–Trinajstić information content (AvgIpc) is 2.14. The molecule has 0 aromatic heterocycles. The second-order valence-electron chi connectivity index (χ2n) is 5.36. The van der Waals surface area contributed by atoms with Crippen LogP contribution in [0.15, 0.2) is 10.2 Å². The molecule has 0 aromatic carbocycles. The molecule has 0 saturated carbocycles. The molecule has 2 heteroatoms. The highest BCUT2D eigenvalue weighted by Gasteiger charge is 2.16. The molecule has 0 spiro atoms. The average molecular weight is 291 g/mol. The summed E-state index contributed by atoms with van der Waals surface area (Å²) in [6.45, 7) is 9.42. The van der Waals surface area contributed by atoms with Crippen LogP contribution in [0.2, 0.25) is 19.6 Å². The van der Waals surface area contributed by atoms with Gasteiger partial charge in [0.15, 0.2) is 0 Å². The lowest BCUT2D eigenvalue weighted by atomic mass is 10.1. The van der Waals surface area contributed by atoms with E-state index in [1.165, 1.54) is 49.1 Å². The molecule has 0 atom stereocenters. The van der Waals surface area contributed by atoms with Gasteiger partial charge in [0.05, 0.1) is 8.07 Å². The fraction of sp³-hybridized carbons (Fsp3) is 0.846. The Balaban J connectivity index is 3.45. The first kappa shape index (κ1) is 15.4. The summed E-state index contributed by atoms with van der Waals surface area (Å²) < 4.78 is 1.49. The second-order valence-corrected chi connectivity index (χ2v) is 12.0. The van der Waals surface area contributed by atoms with Crippen LogP contribution in [0, 0.1) is 0 Å². The van der Waals surface area contributed by atoms with Crippen molar-refractivity contribution in [1.82, 2.24) is 0 Å². The van der Waals surface area contributed by atoms with Crippen molar-refractivity contribution in [2.75, 3.05) is 0 Å². The first-order valence-electron chi connectivity index (χ1n) is 6.34. The summed E-state index contributed by atoms with van der Waals surface area (Å²) in [4.78, 5) is 0. The Bertz CT molecular complexity index is 179. The van der Waals surface area contributed by atoms with Gasteiger partial charge in [-0.25, -0.2) is 0 Å². The molecule has 0 heterocycles. The normalized spacial score (nSPS) is 13.3. The number of hydrogen-bond acceptors (Lipinski definition) is 0. The van der Waals surface area contributed by atoms with Crippen molar-refractivity contribution < 1.29 is 0 Å². The van der Waals surface area contributed by atoms with Crippen molar-refractivity contribution in [1.29, 1.82) is 0 Å². The van der Waals surface area contributed by atoms with Crippen LogP contribution in [0.5, 0.6) is 0 Å². The Kier molecular flexibility index (Phi) is 8.82. The van der Waals surface area contributed by atoms with Crippen molar-refractivity contribution in [3.8, 4) is 0 Å². The molecule has 15 heavy (non-hydrogen) atoms. The minimum absolute atomic E-state index is 1.06. The van der Waals surface area contributed by atoms with Gasteiger partial charge in [-0.3, -0.25) is 0 Å². The van der Waals surface area contributed by atoms with Gasteiger partial charge in [-0.2, -0.15) is 0 Å². The number of unbranched alkanes of at least 4 members (excludes halogenated alkanes) is 6. The molecule has 0 N–H and O–H groups in total. The van der Waals surface area contributed by atoms with E-state index in [1.54, 1.807) is 0 Å². The van der Waals surface area contributed by atoms with Gasteiger partial charge in [-0.15, -0.1) is 0 Å². The lowest BCUT2D eigenvalue weighted by molar-refractivity contribution is 0.611. The molecule has 0 radical (unpaired) electrons. The van der Waals surface area contributed by atoms with E-state index in [1.807, 2.05) is 0 Å². The molecule has 90 valence electrons. The Hall–Kier alpha value is 0.437. The van der Waals surface area contributed by atoms with E-state index in [2.05, 4.69) is 48.6 Å².